The number of aromatic nitrogens is 1. The number of carbonyl (C=O) groups is 1. The molecule has 3 heterocycles. The molecule has 2 fully saturated rings. The highest BCUT2D eigenvalue weighted by Gasteiger charge is 2.39. The molecule has 0 N–H and O–H groups in total. The molecule has 0 aromatic carbocycles. The molecule has 2 atom stereocenters. The summed E-state index contributed by atoms with van der Waals surface area (Å²) >= 11 is 0. The summed E-state index contributed by atoms with van der Waals surface area (Å²) < 4.78 is 0. The molecule has 0 radical (unpaired) electrons. The van der Waals surface area contributed by atoms with E-state index in [1.54, 1.807) is 6.20 Å². The number of rotatable bonds is 3. The molecule has 2 aliphatic heterocycles. The maximum absolute atomic E-state index is 12.2. The molecule has 3 rings (SSSR count). The Morgan fingerprint density at radius 2 is 2.09 bits per heavy atom. The smallest absolute Gasteiger partial charge is 0.222 e. The van der Waals surface area contributed by atoms with Crippen LogP contribution >= 0.6 is 0 Å². The lowest BCUT2D eigenvalue weighted by Gasteiger charge is -2.35. The fourth-order valence-electron chi connectivity index (χ4n) is 3.80. The number of pyridine rings is 1. The molecular weight excluding hydrogens is 276 g/mol. The minimum absolute atomic E-state index is 0.266. The lowest BCUT2D eigenvalue weighted by Crippen LogP contribution is -2.48. The Bertz CT molecular complexity index is 577. The molecule has 0 unspecified atom stereocenters. The number of likely N-dealkylation sites (tertiary alicyclic amines) is 1. The van der Waals surface area contributed by atoms with Crippen molar-refractivity contribution < 1.29 is 4.79 Å². The van der Waals surface area contributed by atoms with E-state index in [1.165, 1.54) is 0 Å². The van der Waals surface area contributed by atoms with Crippen LogP contribution in [-0.4, -0.2) is 41.0 Å². The van der Waals surface area contributed by atoms with Crippen molar-refractivity contribution in [2.24, 2.45) is 0 Å². The van der Waals surface area contributed by atoms with Gasteiger partial charge in [0.1, 0.15) is 11.9 Å². The molecule has 0 aliphatic carbocycles. The molecular formula is C17H22N4O. The molecule has 1 aromatic heterocycles. The number of anilines is 1. The first-order valence-electron chi connectivity index (χ1n) is 8.17. The molecule has 1 aromatic rings. The van der Waals surface area contributed by atoms with Crippen molar-refractivity contribution >= 4 is 11.7 Å². The lowest BCUT2D eigenvalue weighted by atomic mass is 10.0. The van der Waals surface area contributed by atoms with Gasteiger partial charge in [-0.15, -0.1) is 0 Å². The van der Waals surface area contributed by atoms with E-state index in [9.17, 15) is 4.79 Å². The predicted molar refractivity (Wildman–Crippen MR) is 84.3 cm³/mol. The van der Waals surface area contributed by atoms with Crippen LogP contribution < -0.4 is 4.90 Å². The van der Waals surface area contributed by atoms with Gasteiger partial charge in [0.2, 0.25) is 5.91 Å². The van der Waals surface area contributed by atoms with Crippen LogP contribution in [0.3, 0.4) is 0 Å². The number of nitrogens with zero attached hydrogens (tertiary/aromatic N) is 4. The van der Waals surface area contributed by atoms with E-state index in [1.807, 2.05) is 19.1 Å². The van der Waals surface area contributed by atoms with Gasteiger partial charge >= 0.3 is 0 Å². The molecule has 5 heteroatoms. The number of nitriles is 1. The van der Waals surface area contributed by atoms with Crippen molar-refractivity contribution in [2.75, 3.05) is 18.0 Å². The van der Waals surface area contributed by atoms with Crippen LogP contribution in [-0.2, 0) is 4.79 Å². The SMILES string of the molecule is CCC(=O)N1CCC[C@@H]1[C@H]1CCCN1c1ccc(C#N)cn1. The summed E-state index contributed by atoms with van der Waals surface area (Å²) in [6.45, 7) is 3.81. The highest BCUT2D eigenvalue weighted by atomic mass is 16.2. The number of hydrogen-bond donors (Lipinski definition) is 0. The van der Waals surface area contributed by atoms with Gasteiger partial charge in [-0.3, -0.25) is 4.79 Å². The van der Waals surface area contributed by atoms with Gasteiger partial charge in [0.25, 0.3) is 0 Å². The third-order valence-corrected chi connectivity index (χ3v) is 4.84. The normalized spacial score (nSPS) is 24.5. The Balaban J connectivity index is 1.80. The Kier molecular flexibility index (Phi) is 4.28. The van der Waals surface area contributed by atoms with Crippen molar-refractivity contribution in [3.05, 3.63) is 23.9 Å². The zero-order chi connectivity index (χ0) is 15.5. The third kappa shape index (κ3) is 2.66. The summed E-state index contributed by atoms with van der Waals surface area (Å²) in [5.74, 6) is 1.19. The lowest BCUT2D eigenvalue weighted by molar-refractivity contribution is -0.132. The largest absolute Gasteiger partial charge is 0.352 e. The van der Waals surface area contributed by atoms with Gasteiger partial charge in [0.15, 0.2) is 0 Å². The summed E-state index contributed by atoms with van der Waals surface area (Å²) in [4.78, 5) is 21.0. The maximum atomic E-state index is 12.2. The standard InChI is InChI=1S/C17H22N4O/c1-2-17(22)21-10-4-6-15(21)14-5-3-9-20(14)16-8-7-13(11-18)12-19-16/h7-8,12,14-15H,2-6,9-10H2,1H3/t14-,15-/m1/s1. The number of amides is 1. The van der Waals surface area contributed by atoms with Gasteiger partial charge in [-0.2, -0.15) is 5.26 Å². The van der Waals surface area contributed by atoms with Crippen molar-refractivity contribution in [3.63, 3.8) is 0 Å². The minimum Gasteiger partial charge on any atom is -0.352 e. The van der Waals surface area contributed by atoms with Crippen LogP contribution in [0.25, 0.3) is 0 Å². The average molecular weight is 298 g/mol. The van der Waals surface area contributed by atoms with Crippen LogP contribution in [0, 0.1) is 11.3 Å². The van der Waals surface area contributed by atoms with E-state index in [-0.39, 0.29) is 5.91 Å². The third-order valence-electron chi connectivity index (χ3n) is 4.84. The highest BCUT2D eigenvalue weighted by Crippen LogP contribution is 2.32. The van der Waals surface area contributed by atoms with E-state index < -0.39 is 0 Å². The fourth-order valence-corrected chi connectivity index (χ4v) is 3.80. The van der Waals surface area contributed by atoms with E-state index in [4.69, 9.17) is 5.26 Å². The molecule has 116 valence electrons. The highest BCUT2D eigenvalue weighted by molar-refractivity contribution is 5.76. The van der Waals surface area contributed by atoms with Gasteiger partial charge in [-0.25, -0.2) is 4.98 Å². The number of carbonyl (C=O) groups excluding carboxylic acids is 1. The Hall–Kier alpha value is -2.09. The Morgan fingerprint density at radius 3 is 2.77 bits per heavy atom. The monoisotopic (exact) mass is 298 g/mol. The first-order valence-corrected chi connectivity index (χ1v) is 8.17. The van der Waals surface area contributed by atoms with Crippen molar-refractivity contribution in [2.45, 2.75) is 51.1 Å². The minimum atomic E-state index is 0.266. The molecule has 1 amide bonds. The second-order valence-electron chi connectivity index (χ2n) is 6.07. The van der Waals surface area contributed by atoms with Gasteiger partial charge < -0.3 is 9.80 Å². The zero-order valence-corrected chi connectivity index (χ0v) is 13.0. The first-order chi connectivity index (χ1) is 10.7. The van der Waals surface area contributed by atoms with Crippen LogP contribution in [0.15, 0.2) is 18.3 Å². The molecule has 2 aliphatic rings. The van der Waals surface area contributed by atoms with Crippen molar-refractivity contribution in [3.8, 4) is 6.07 Å². The maximum Gasteiger partial charge on any atom is 0.222 e. The van der Waals surface area contributed by atoms with Gasteiger partial charge in [-0.05, 0) is 37.8 Å². The number of hydrogen-bond acceptors (Lipinski definition) is 4. The summed E-state index contributed by atoms with van der Waals surface area (Å²) in [5.41, 5.74) is 0.586. The molecule has 5 nitrogen and oxygen atoms in total. The van der Waals surface area contributed by atoms with E-state index in [0.29, 0.717) is 24.1 Å². The Labute approximate surface area is 131 Å². The molecule has 0 saturated carbocycles. The second kappa shape index (κ2) is 6.35. The average Bonchev–Trinajstić information content (AvgIpc) is 3.22. The second-order valence-corrected chi connectivity index (χ2v) is 6.07. The van der Waals surface area contributed by atoms with Gasteiger partial charge in [0.05, 0.1) is 17.6 Å². The van der Waals surface area contributed by atoms with Crippen LogP contribution in [0.5, 0.6) is 0 Å². The van der Waals surface area contributed by atoms with Crippen LogP contribution in [0.4, 0.5) is 5.82 Å². The topological polar surface area (TPSA) is 60.2 Å². The zero-order valence-electron chi connectivity index (χ0n) is 13.0. The van der Waals surface area contributed by atoms with Gasteiger partial charge in [-0.1, -0.05) is 6.92 Å². The molecule has 2 saturated heterocycles. The quantitative estimate of drug-likeness (QED) is 0.859. The van der Waals surface area contributed by atoms with Crippen LogP contribution in [0.2, 0.25) is 0 Å². The molecule has 0 spiro atoms. The van der Waals surface area contributed by atoms with Crippen molar-refractivity contribution in [1.82, 2.24) is 9.88 Å². The molecule has 22 heavy (non-hydrogen) atoms. The summed E-state index contributed by atoms with van der Waals surface area (Å²) in [5, 5.41) is 8.89. The summed E-state index contributed by atoms with van der Waals surface area (Å²) in [6.07, 6.45) is 6.65. The van der Waals surface area contributed by atoms with E-state index in [0.717, 1.165) is 44.6 Å². The van der Waals surface area contributed by atoms with Crippen molar-refractivity contribution in [1.29, 1.82) is 5.26 Å². The molecule has 0 bridgehead atoms. The first kappa shape index (κ1) is 14.8. The summed E-state index contributed by atoms with van der Waals surface area (Å²) in [7, 11) is 0. The van der Waals surface area contributed by atoms with Crippen LogP contribution in [0.1, 0.15) is 44.6 Å². The summed E-state index contributed by atoms with van der Waals surface area (Å²) in [6, 6.07) is 6.53. The predicted octanol–water partition coefficient (Wildman–Crippen LogP) is 2.32. The van der Waals surface area contributed by atoms with E-state index in [2.05, 4.69) is 20.9 Å². The Morgan fingerprint density at radius 1 is 1.32 bits per heavy atom. The van der Waals surface area contributed by atoms with E-state index >= 15 is 0 Å². The van der Waals surface area contributed by atoms with Gasteiger partial charge in [0, 0.05) is 25.7 Å². The fraction of sp³-hybridized carbons (Fsp3) is 0.588.